The molecule has 1 amide bonds. The fraction of sp³-hybridized carbons (Fsp3) is 0.167. The van der Waals surface area contributed by atoms with Crippen molar-refractivity contribution in [3.63, 3.8) is 0 Å². The van der Waals surface area contributed by atoms with Crippen LogP contribution in [-0.4, -0.2) is 24.2 Å². The molecule has 0 spiro atoms. The SMILES string of the molecule is CCN(CC)c1ccc(N=C2NC(=O)/C(=C\c3ccc(-c4cc(Cl)ccc4Cl)o3)S2)cc1. The second-order valence-corrected chi connectivity index (χ2v) is 8.87. The van der Waals surface area contributed by atoms with Crippen LogP contribution >= 0.6 is 35.0 Å². The van der Waals surface area contributed by atoms with Crippen LogP contribution in [0.5, 0.6) is 0 Å². The number of rotatable bonds is 6. The van der Waals surface area contributed by atoms with Gasteiger partial charge in [0.2, 0.25) is 0 Å². The lowest BCUT2D eigenvalue weighted by Gasteiger charge is -2.20. The number of nitrogens with one attached hydrogen (secondary N) is 1. The molecular formula is C24H21Cl2N3O2S. The van der Waals surface area contributed by atoms with Gasteiger partial charge in [0.15, 0.2) is 5.17 Å². The summed E-state index contributed by atoms with van der Waals surface area (Å²) in [5.74, 6) is 0.903. The van der Waals surface area contributed by atoms with Gasteiger partial charge in [0.1, 0.15) is 11.5 Å². The van der Waals surface area contributed by atoms with Gasteiger partial charge < -0.3 is 14.6 Å². The van der Waals surface area contributed by atoms with Crippen LogP contribution in [0.15, 0.2) is 68.9 Å². The first-order chi connectivity index (χ1) is 15.5. The second kappa shape index (κ2) is 9.86. The van der Waals surface area contributed by atoms with E-state index in [1.54, 1.807) is 36.4 Å². The first-order valence-electron chi connectivity index (χ1n) is 10.2. The maximum Gasteiger partial charge on any atom is 0.264 e. The van der Waals surface area contributed by atoms with Gasteiger partial charge in [-0.25, -0.2) is 4.99 Å². The highest BCUT2D eigenvalue weighted by Gasteiger charge is 2.24. The standard InChI is InChI=1S/C24H21Cl2N3O2S/c1-3-29(4-2)17-8-6-16(7-9-17)27-24-28-23(30)22(32-24)14-18-10-12-21(31-18)19-13-15(25)5-11-20(19)26/h5-14H,3-4H2,1-2H3,(H,27,28,30)/b22-14+. The number of furan rings is 1. The maximum absolute atomic E-state index is 12.4. The van der Waals surface area contributed by atoms with Crippen molar-refractivity contribution >= 4 is 63.5 Å². The number of amides is 1. The van der Waals surface area contributed by atoms with Crippen LogP contribution in [0.3, 0.4) is 0 Å². The first kappa shape index (κ1) is 22.5. The molecule has 3 aromatic rings. The van der Waals surface area contributed by atoms with E-state index in [9.17, 15) is 4.79 Å². The summed E-state index contributed by atoms with van der Waals surface area (Å²) >= 11 is 13.6. The lowest BCUT2D eigenvalue weighted by Crippen LogP contribution is -2.21. The Morgan fingerprint density at radius 2 is 1.81 bits per heavy atom. The van der Waals surface area contributed by atoms with Crippen LogP contribution in [0.2, 0.25) is 10.0 Å². The second-order valence-electron chi connectivity index (χ2n) is 7.00. The Kier molecular flexibility index (Phi) is 6.94. The van der Waals surface area contributed by atoms with E-state index in [2.05, 4.69) is 29.1 Å². The van der Waals surface area contributed by atoms with Crippen LogP contribution in [0.1, 0.15) is 19.6 Å². The minimum Gasteiger partial charge on any atom is -0.457 e. The van der Waals surface area contributed by atoms with Crippen molar-refractivity contribution in [3.05, 3.63) is 75.3 Å². The number of amidine groups is 1. The third kappa shape index (κ3) is 5.04. The molecule has 1 aromatic heterocycles. The van der Waals surface area contributed by atoms with Crippen LogP contribution < -0.4 is 10.2 Å². The fourth-order valence-corrected chi connectivity index (χ4v) is 4.52. The van der Waals surface area contributed by atoms with Gasteiger partial charge >= 0.3 is 0 Å². The van der Waals surface area contributed by atoms with Gasteiger partial charge in [-0.1, -0.05) is 23.2 Å². The molecule has 32 heavy (non-hydrogen) atoms. The Hall–Kier alpha value is -2.67. The van der Waals surface area contributed by atoms with Crippen molar-refractivity contribution < 1.29 is 9.21 Å². The Labute approximate surface area is 201 Å². The van der Waals surface area contributed by atoms with Gasteiger partial charge in [0.25, 0.3) is 5.91 Å². The summed E-state index contributed by atoms with van der Waals surface area (Å²) in [4.78, 5) is 19.7. The molecule has 0 saturated carbocycles. The molecule has 1 N–H and O–H groups in total. The topological polar surface area (TPSA) is 57.8 Å². The Morgan fingerprint density at radius 1 is 1.06 bits per heavy atom. The van der Waals surface area contributed by atoms with Crippen molar-refractivity contribution in [2.45, 2.75) is 13.8 Å². The third-order valence-electron chi connectivity index (χ3n) is 4.95. The molecule has 0 bridgehead atoms. The molecule has 4 rings (SSSR count). The van der Waals surface area contributed by atoms with E-state index in [-0.39, 0.29) is 5.91 Å². The van der Waals surface area contributed by atoms with Gasteiger partial charge in [-0.05, 0) is 80.2 Å². The number of benzene rings is 2. The summed E-state index contributed by atoms with van der Waals surface area (Å²) < 4.78 is 5.87. The lowest BCUT2D eigenvalue weighted by atomic mass is 10.2. The Morgan fingerprint density at radius 3 is 2.53 bits per heavy atom. The van der Waals surface area contributed by atoms with E-state index in [4.69, 9.17) is 27.6 Å². The lowest BCUT2D eigenvalue weighted by molar-refractivity contribution is -0.115. The van der Waals surface area contributed by atoms with E-state index in [1.165, 1.54) is 11.8 Å². The molecule has 1 aliphatic heterocycles. The van der Waals surface area contributed by atoms with Crippen LogP contribution in [0, 0.1) is 0 Å². The normalized spacial score (nSPS) is 16.1. The first-order valence-corrected chi connectivity index (χ1v) is 11.7. The van der Waals surface area contributed by atoms with Gasteiger partial charge in [0, 0.05) is 35.4 Å². The molecule has 0 atom stereocenters. The van der Waals surface area contributed by atoms with Crippen molar-refractivity contribution in [1.82, 2.24) is 5.32 Å². The Bertz CT molecular complexity index is 1200. The summed E-state index contributed by atoms with van der Waals surface area (Å²) in [7, 11) is 0. The molecule has 0 radical (unpaired) electrons. The number of carbonyl (C=O) groups excluding carboxylic acids is 1. The highest BCUT2D eigenvalue weighted by Crippen LogP contribution is 2.34. The van der Waals surface area contributed by atoms with Gasteiger partial charge in [0.05, 0.1) is 15.6 Å². The predicted molar refractivity (Wildman–Crippen MR) is 135 cm³/mol. The zero-order valence-electron chi connectivity index (χ0n) is 17.6. The van der Waals surface area contributed by atoms with Crippen LogP contribution in [0.25, 0.3) is 17.4 Å². The highest BCUT2D eigenvalue weighted by molar-refractivity contribution is 8.18. The van der Waals surface area contributed by atoms with Gasteiger partial charge in [-0.15, -0.1) is 0 Å². The quantitative estimate of drug-likeness (QED) is 0.382. The smallest absolute Gasteiger partial charge is 0.264 e. The third-order valence-corrected chi connectivity index (χ3v) is 6.43. The molecule has 164 valence electrons. The largest absolute Gasteiger partial charge is 0.457 e. The minimum atomic E-state index is -0.216. The Balaban J connectivity index is 1.50. The van der Waals surface area contributed by atoms with E-state index in [1.807, 2.05) is 24.3 Å². The molecular weight excluding hydrogens is 465 g/mol. The number of hydrogen-bond donors (Lipinski definition) is 1. The van der Waals surface area contributed by atoms with Crippen molar-refractivity contribution in [2.24, 2.45) is 4.99 Å². The monoisotopic (exact) mass is 485 g/mol. The van der Waals surface area contributed by atoms with Gasteiger partial charge in [-0.2, -0.15) is 0 Å². The number of aliphatic imine (C=N–C) groups is 1. The van der Waals surface area contributed by atoms with Crippen LogP contribution in [0.4, 0.5) is 11.4 Å². The molecule has 0 unspecified atom stereocenters. The number of thioether (sulfide) groups is 1. The number of carbonyl (C=O) groups is 1. The molecule has 8 heteroatoms. The van der Waals surface area contributed by atoms with Gasteiger partial charge in [-0.3, -0.25) is 4.79 Å². The van der Waals surface area contributed by atoms with E-state index >= 15 is 0 Å². The van der Waals surface area contributed by atoms with E-state index in [0.717, 1.165) is 24.5 Å². The summed E-state index contributed by atoms with van der Waals surface area (Å²) in [6.07, 6.45) is 1.69. The highest BCUT2D eigenvalue weighted by atomic mass is 35.5. The zero-order valence-corrected chi connectivity index (χ0v) is 19.9. The maximum atomic E-state index is 12.4. The summed E-state index contributed by atoms with van der Waals surface area (Å²) in [6.45, 7) is 6.15. The average Bonchev–Trinajstić information content (AvgIpc) is 3.38. The molecule has 1 fully saturated rings. The number of halogens is 2. The molecule has 0 aliphatic carbocycles. The average molecular weight is 486 g/mol. The minimum absolute atomic E-state index is 0.216. The molecule has 1 saturated heterocycles. The summed E-state index contributed by atoms with van der Waals surface area (Å²) in [5, 5.41) is 4.44. The predicted octanol–water partition coefficient (Wildman–Crippen LogP) is 6.99. The molecule has 2 aromatic carbocycles. The number of nitrogens with zero attached hydrogens (tertiary/aromatic N) is 2. The summed E-state index contributed by atoms with van der Waals surface area (Å²) in [5.41, 5.74) is 2.62. The molecule has 1 aliphatic rings. The number of anilines is 1. The summed E-state index contributed by atoms with van der Waals surface area (Å²) in [6, 6.07) is 16.7. The van der Waals surface area contributed by atoms with E-state index in [0.29, 0.717) is 37.2 Å². The van der Waals surface area contributed by atoms with E-state index < -0.39 is 0 Å². The molecule has 2 heterocycles. The van der Waals surface area contributed by atoms with Crippen LogP contribution in [-0.2, 0) is 4.79 Å². The van der Waals surface area contributed by atoms with Crippen molar-refractivity contribution in [1.29, 1.82) is 0 Å². The fourth-order valence-electron chi connectivity index (χ4n) is 3.32. The number of hydrogen-bond acceptors (Lipinski definition) is 5. The zero-order chi connectivity index (χ0) is 22.7. The molecule has 5 nitrogen and oxygen atoms in total. The van der Waals surface area contributed by atoms with Crippen molar-refractivity contribution in [2.75, 3.05) is 18.0 Å². The van der Waals surface area contributed by atoms with Crippen molar-refractivity contribution in [3.8, 4) is 11.3 Å².